The van der Waals surface area contributed by atoms with Crippen molar-refractivity contribution in [3.63, 3.8) is 0 Å². The molecule has 0 aliphatic carbocycles. The van der Waals surface area contributed by atoms with Crippen molar-refractivity contribution in [2.75, 3.05) is 6.61 Å². The summed E-state index contributed by atoms with van der Waals surface area (Å²) < 4.78 is 8.13. The molecular formula is C27H21BrN2O4S. The number of benzene rings is 3. The molecule has 2 heterocycles. The molecule has 4 aromatic rings. The number of aromatic hydroxyl groups is 1. The summed E-state index contributed by atoms with van der Waals surface area (Å²) in [5.41, 5.74) is 1.89. The van der Waals surface area contributed by atoms with Crippen LogP contribution in [0.5, 0.6) is 5.75 Å². The lowest BCUT2D eigenvalue weighted by molar-refractivity contribution is -0.139. The standard InChI is InChI=1S/C27H21BrN2O4S/c1-3-34-26(33)23-15(2)29-27-30(24(23)20-10-6-8-16-7-4-5-9-19(16)20)25(32)22(35-27)14-17-13-18(28)11-12-21(17)31/h4-14,24,31H,3H2,1-2H3/b22-14-/t24-/m0/s1. The van der Waals surface area contributed by atoms with Crippen molar-refractivity contribution in [2.45, 2.75) is 19.9 Å². The van der Waals surface area contributed by atoms with E-state index in [1.54, 1.807) is 42.7 Å². The van der Waals surface area contributed by atoms with Crippen molar-refractivity contribution in [2.24, 2.45) is 4.99 Å². The Balaban J connectivity index is 1.82. The van der Waals surface area contributed by atoms with Gasteiger partial charge < -0.3 is 9.84 Å². The summed E-state index contributed by atoms with van der Waals surface area (Å²) in [6, 6.07) is 18.1. The number of hydrogen-bond acceptors (Lipinski definition) is 6. The first-order chi connectivity index (χ1) is 16.9. The van der Waals surface area contributed by atoms with Gasteiger partial charge in [-0.25, -0.2) is 9.79 Å². The second-order valence-corrected chi connectivity index (χ2v) is 10.00. The fraction of sp³-hybridized carbons (Fsp3) is 0.148. The molecule has 35 heavy (non-hydrogen) atoms. The maximum absolute atomic E-state index is 13.8. The largest absolute Gasteiger partial charge is 0.507 e. The van der Waals surface area contributed by atoms with E-state index in [2.05, 4.69) is 20.9 Å². The first-order valence-corrected chi connectivity index (χ1v) is 12.7. The molecule has 0 spiro atoms. The van der Waals surface area contributed by atoms with Gasteiger partial charge in [-0.1, -0.05) is 69.7 Å². The highest BCUT2D eigenvalue weighted by atomic mass is 79.9. The number of ether oxygens (including phenoxy) is 1. The first kappa shape index (κ1) is 23.3. The molecule has 6 nitrogen and oxygen atoms in total. The van der Waals surface area contributed by atoms with Gasteiger partial charge in [0.25, 0.3) is 5.56 Å². The van der Waals surface area contributed by atoms with Gasteiger partial charge in [0, 0.05) is 10.0 Å². The Hall–Kier alpha value is -3.49. The topological polar surface area (TPSA) is 80.9 Å². The number of aromatic nitrogens is 1. The fourth-order valence-electron chi connectivity index (χ4n) is 4.36. The molecule has 0 saturated heterocycles. The van der Waals surface area contributed by atoms with Gasteiger partial charge in [-0.05, 0) is 54.5 Å². The molecule has 0 unspecified atom stereocenters. The van der Waals surface area contributed by atoms with Gasteiger partial charge in [-0.3, -0.25) is 9.36 Å². The molecule has 1 N–H and O–H groups in total. The molecule has 8 heteroatoms. The van der Waals surface area contributed by atoms with E-state index >= 15 is 0 Å². The van der Waals surface area contributed by atoms with Crippen LogP contribution in [-0.2, 0) is 9.53 Å². The minimum absolute atomic E-state index is 0.0630. The highest BCUT2D eigenvalue weighted by Crippen LogP contribution is 2.34. The van der Waals surface area contributed by atoms with Crippen molar-refractivity contribution in [1.82, 2.24) is 4.57 Å². The number of esters is 1. The third-order valence-corrected chi connectivity index (χ3v) is 7.39. The number of nitrogens with zero attached hydrogens (tertiary/aromatic N) is 2. The summed E-state index contributed by atoms with van der Waals surface area (Å²) in [5, 5.41) is 12.2. The molecule has 0 fully saturated rings. The van der Waals surface area contributed by atoms with Gasteiger partial charge in [0.05, 0.1) is 28.5 Å². The number of rotatable bonds is 4. The van der Waals surface area contributed by atoms with Crippen LogP contribution in [0.1, 0.15) is 31.0 Å². The van der Waals surface area contributed by atoms with Gasteiger partial charge in [0.1, 0.15) is 5.75 Å². The van der Waals surface area contributed by atoms with Crippen LogP contribution in [0.15, 0.2) is 86.2 Å². The van der Waals surface area contributed by atoms with E-state index in [0.717, 1.165) is 20.8 Å². The molecular weight excluding hydrogens is 528 g/mol. The molecule has 1 aromatic heterocycles. The van der Waals surface area contributed by atoms with E-state index in [1.165, 1.54) is 11.3 Å². The number of phenols is 1. The quantitative estimate of drug-likeness (QED) is 0.383. The summed E-state index contributed by atoms with van der Waals surface area (Å²) in [6.07, 6.45) is 1.65. The van der Waals surface area contributed by atoms with Crippen molar-refractivity contribution in [1.29, 1.82) is 0 Å². The molecule has 0 amide bonds. The number of allylic oxidation sites excluding steroid dienone is 1. The number of hydrogen-bond donors (Lipinski definition) is 1. The second kappa shape index (κ2) is 9.28. The van der Waals surface area contributed by atoms with Crippen LogP contribution in [0.3, 0.4) is 0 Å². The van der Waals surface area contributed by atoms with E-state index in [1.807, 2.05) is 42.5 Å². The monoisotopic (exact) mass is 548 g/mol. The van der Waals surface area contributed by atoms with Crippen LogP contribution in [0.25, 0.3) is 16.8 Å². The Labute approximate surface area is 213 Å². The van der Waals surface area contributed by atoms with Crippen LogP contribution in [0.4, 0.5) is 0 Å². The average molecular weight is 549 g/mol. The van der Waals surface area contributed by atoms with Crippen molar-refractivity contribution in [3.05, 3.63) is 107 Å². The number of halogens is 1. The van der Waals surface area contributed by atoms with Gasteiger partial charge in [-0.2, -0.15) is 0 Å². The predicted octanol–water partition coefficient (Wildman–Crippen LogP) is 4.42. The van der Waals surface area contributed by atoms with Gasteiger partial charge in [0.15, 0.2) is 4.80 Å². The average Bonchev–Trinajstić information content (AvgIpc) is 3.14. The molecule has 1 atom stereocenters. The minimum Gasteiger partial charge on any atom is -0.507 e. The molecule has 0 bridgehead atoms. The Morgan fingerprint density at radius 2 is 1.97 bits per heavy atom. The lowest BCUT2D eigenvalue weighted by Gasteiger charge is -2.25. The van der Waals surface area contributed by atoms with Gasteiger partial charge >= 0.3 is 5.97 Å². The molecule has 176 valence electrons. The first-order valence-electron chi connectivity index (χ1n) is 11.0. The smallest absolute Gasteiger partial charge is 0.338 e. The number of carbonyl (C=O) groups is 1. The van der Waals surface area contributed by atoms with E-state index < -0.39 is 12.0 Å². The molecule has 1 aliphatic rings. The van der Waals surface area contributed by atoms with Gasteiger partial charge in [0.2, 0.25) is 0 Å². The number of phenolic OH excluding ortho intramolecular Hbond substituents is 1. The number of thiazole rings is 1. The van der Waals surface area contributed by atoms with E-state index in [4.69, 9.17) is 4.74 Å². The second-order valence-electron chi connectivity index (χ2n) is 8.07. The zero-order valence-corrected chi connectivity index (χ0v) is 21.4. The Morgan fingerprint density at radius 3 is 2.77 bits per heavy atom. The third kappa shape index (κ3) is 4.13. The maximum atomic E-state index is 13.8. The number of carbonyl (C=O) groups excluding carboxylic acids is 1. The number of fused-ring (bicyclic) bond motifs is 2. The molecule has 0 radical (unpaired) electrons. The lowest BCUT2D eigenvalue weighted by Crippen LogP contribution is -2.40. The minimum atomic E-state index is -0.699. The zero-order valence-electron chi connectivity index (χ0n) is 19.0. The lowest BCUT2D eigenvalue weighted by atomic mass is 9.91. The SMILES string of the molecule is CCOC(=O)C1=C(C)N=c2s/c(=C\c3cc(Br)ccc3O)c(=O)n2[C@H]1c1cccc2ccccc12. The van der Waals surface area contributed by atoms with E-state index in [9.17, 15) is 14.7 Å². The molecule has 1 aliphatic heterocycles. The Morgan fingerprint density at radius 1 is 1.20 bits per heavy atom. The Kier molecular flexibility index (Phi) is 6.17. The summed E-state index contributed by atoms with van der Waals surface area (Å²) in [5.74, 6) is -0.432. The highest BCUT2D eigenvalue weighted by Gasteiger charge is 2.34. The van der Waals surface area contributed by atoms with Crippen LogP contribution >= 0.6 is 27.3 Å². The van der Waals surface area contributed by atoms with Crippen LogP contribution in [0.2, 0.25) is 0 Å². The Bertz CT molecular complexity index is 1700. The van der Waals surface area contributed by atoms with Crippen molar-refractivity contribution in [3.8, 4) is 5.75 Å². The fourth-order valence-corrected chi connectivity index (χ4v) is 5.77. The maximum Gasteiger partial charge on any atom is 0.338 e. The van der Waals surface area contributed by atoms with Gasteiger partial charge in [-0.15, -0.1) is 0 Å². The van der Waals surface area contributed by atoms with Crippen LogP contribution < -0.4 is 14.9 Å². The summed E-state index contributed by atoms with van der Waals surface area (Å²) in [4.78, 5) is 32.0. The third-order valence-electron chi connectivity index (χ3n) is 5.91. The van der Waals surface area contributed by atoms with E-state index in [0.29, 0.717) is 26.2 Å². The molecule has 0 saturated carbocycles. The van der Waals surface area contributed by atoms with Crippen LogP contribution in [0, 0.1) is 0 Å². The predicted molar refractivity (Wildman–Crippen MR) is 140 cm³/mol. The van der Waals surface area contributed by atoms with E-state index in [-0.39, 0.29) is 17.9 Å². The van der Waals surface area contributed by atoms with Crippen LogP contribution in [-0.4, -0.2) is 22.2 Å². The van der Waals surface area contributed by atoms with Crippen molar-refractivity contribution < 1.29 is 14.6 Å². The summed E-state index contributed by atoms with van der Waals surface area (Å²) >= 11 is 4.63. The van der Waals surface area contributed by atoms with Crippen molar-refractivity contribution >= 4 is 50.1 Å². The normalized spacial score (nSPS) is 15.7. The highest BCUT2D eigenvalue weighted by molar-refractivity contribution is 9.10. The zero-order chi connectivity index (χ0) is 24.7. The summed E-state index contributed by atoms with van der Waals surface area (Å²) in [6.45, 7) is 3.73. The molecule has 3 aromatic carbocycles. The summed E-state index contributed by atoms with van der Waals surface area (Å²) in [7, 11) is 0. The molecule has 5 rings (SSSR count).